The lowest BCUT2D eigenvalue weighted by Gasteiger charge is -2.18. The van der Waals surface area contributed by atoms with Gasteiger partial charge in [0.05, 0.1) is 6.61 Å². The summed E-state index contributed by atoms with van der Waals surface area (Å²) < 4.78 is 43.2. The maximum atomic E-state index is 12.6. The van der Waals surface area contributed by atoms with E-state index in [9.17, 15) is 18.0 Å². The molecule has 0 fully saturated rings. The van der Waals surface area contributed by atoms with Gasteiger partial charge >= 0.3 is 6.18 Å². The highest BCUT2D eigenvalue weighted by Gasteiger charge is 2.34. The molecule has 1 aromatic carbocycles. The van der Waals surface area contributed by atoms with Crippen LogP contribution < -0.4 is 4.74 Å². The summed E-state index contributed by atoms with van der Waals surface area (Å²) in [4.78, 5) is 13.5. The second-order valence-corrected chi connectivity index (χ2v) is 5.45. The first-order valence-electron chi connectivity index (χ1n) is 7.01. The number of H-pyrrole nitrogens is 1. The third-order valence-corrected chi connectivity index (χ3v) is 3.41. The third kappa shape index (κ3) is 4.19. The zero-order valence-electron chi connectivity index (χ0n) is 12.9. The molecule has 0 radical (unpaired) electrons. The number of aromatic amines is 1. The van der Waals surface area contributed by atoms with Gasteiger partial charge in [0.15, 0.2) is 5.69 Å². The topological polar surface area (TPSA) is 58.2 Å². The van der Waals surface area contributed by atoms with E-state index in [0.29, 0.717) is 29.0 Å². The summed E-state index contributed by atoms with van der Waals surface area (Å²) >= 11 is 5.95. The average Bonchev–Trinajstić information content (AvgIpc) is 2.99. The number of rotatable bonds is 5. The lowest BCUT2D eigenvalue weighted by atomic mass is 10.2. The van der Waals surface area contributed by atoms with Gasteiger partial charge in [0.2, 0.25) is 0 Å². The highest BCUT2D eigenvalue weighted by atomic mass is 35.5. The highest BCUT2D eigenvalue weighted by molar-refractivity contribution is 6.30. The lowest BCUT2D eigenvalue weighted by Crippen LogP contribution is -2.26. The van der Waals surface area contributed by atoms with Crippen molar-refractivity contribution in [2.75, 3.05) is 13.7 Å². The fraction of sp³-hybridized carbons (Fsp3) is 0.333. The van der Waals surface area contributed by atoms with Gasteiger partial charge in [-0.25, -0.2) is 0 Å². The molecule has 24 heavy (non-hydrogen) atoms. The molecule has 0 aliphatic carbocycles. The number of amides is 1. The molecule has 0 spiro atoms. The van der Waals surface area contributed by atoms with Gasteiger partial charge in [-0.15, -0.1) is 0 Å². The van der Waals surface area contributed by atoms with Gasteiger partial charge < -0.3 is 9.64 Å². The summed E-state index contributed by atoms with van der Waals surface area (Å²) in [6.45, 7) is 2.36. The van der Waals surface area contributed by atoms with Crippen molar-refractivity contribution in [1.29, 1.82) is 0 Å². The van der Waals surface area contributed by atoms with Crippen LogP contribution in [0.4, 0.5) is 13.2 Å². The molecule has 2 aromatic rings. The molecule has 5 nitrogen and oxygen atoms in total. The van der Waals surface area contributed by atoms with Crippen LogP contribution in [0, 0.1) is 0 Å². The summed E-state index contributed by atoms with van der Waals surface area (Å²) in [5, 5.41) is 5.71. The van der Waals surface area contributed by atoms with Crippen LogP contribution in [0.25, 0.3) is 0 Å². The number of hydrogen-bond acceptors (Lipinski definition) is 3. The monoisotopic (exact) mass is 361 g/mol. The Bertz CT molecular complexity index is 731. The van der Waals surface area contributed by atoms with E-state index in [0.717, 1.165) is 0 Å². The predicted molar refractivity (Wildman–Crippen MR) is 82.0 cm³/mol. The summed E-state index contributed by atoms with van der Waals surface area (Å²) in [6, 6.07) is 5.65. The van der Waals surface area contributed by atoms with Crippen LogP contribution in [0.3, 0.4) is 0 Å². The fourth-order valence-corrected chi connectivity index (χ4v) is 2.26. The van der Waals surface area contributed by atoms with E-state index in [-0.39, 0.29) is 12.2 Å². The Labute approximate surface area is 141 Å². The Hall–Kier alpha value is -2.22. The summed E-state index contributed by atoms with van der Waals surface area (Å²) in [6.07, 6.45) is -4.58. The molecule has 130 valence electrons. The first kappa shape index (κ1) is 18.1. The van der Waals surface area contributed by atoms with E-state index in [1.807, 2.05) is 12.0 Å². The van der Waals surface area contributed by atoms with Crippen LogP contribution in [0.5, 0.6) is 5.75 Å². The minimum absolute atomic E-state index is 0.114. The molecule has 0 aliphatic heterocycles. The van der Waals surface area contributed by atoms with Crippen LogP contribution >= 0.6 is 11.6 Å². The van der Waals surface area contributed by atoms with Crippen molar-refractivity contribution in [2.24, 2.45) is 0 Å². The number of ether oxygens (including phenoxy) is 1. The third-order valence-electron chi connectivity index (χ3n) is 3.18. The average molecular weight is 362 g/mol. The molecule has 0 atom stereocenters. The number of benzene rings is 1. The van der Waals surface area contributed by atoms with Gasteiger partial charge in [0.25, 0.3) is 5.91 Å². The number of hydrogen-bond donors (Lipinski definition) is 1. The molecule has 0 aliphatic rings. The largest absolute Gasteiger partial charge is 0.494 e. The van der Waals surface area contributed by atoms with Crippen molar-refractivity contribution in [3.8, 4) is 5.75 Å². The molecule has 1 N–H and O–H groups in total. The first-order chi connectivity index (χ1) is 11.2. The van der Waals surface area contributed by atoms with Gasteiger partial charge in [-0.1, -0.05) is 11.6 Å². The molecule has 2 rings (SSSR count). The van der Waals surface area contributed by atoms with E-state index in [4.69, 9.17) is 16.3 Å². The summed E-state index contributed by atoms with van der Waals surface area (Å²) in [5.41, 5.74) is -0.742. The smallest absolute Gasteiger partial charge is 0.432 e. The van der Waals surface area contributed by atoms with E-state index >= 15 is 0 Å². The van der Waals surface area contributed by atoms with Gasteiger partial charge in [-0.3, -0.25) is 9.89 Å². The Kier molecular flexibility index (Phi) is 5.38. The number of nitrogens with one attached hydrogen (secondary N) is 1. The van der Waals surface area contributed by atoms with Gasteiger partial charge in [0, 0.05) is 30.2 Å². The minimum Gasteiger partial charge on any atom is -0.494 e. The van der Waals surface area contributed by atoms with Gasteiger partial charge in [0.1, 0.15) is 11.4 Å². The zero-order chi connectivity index (χ0) is 17.9. The molecule has 1 heterocycles. The van der Waals surface area contributed by atoms with Gasteiger partial charge in [-0.05, 0) is 25.1 Å². The number of halogens is 4. The van der Waals surface area contributed by atoms with Crippen molar-refractivity contribution >= 4 is 17.5 Å². The Balaban J connectivity index is 2.17. The minimum atomic E-state index is -4.58. The fourth-order valence-electron chi connectivity index (χ4n) is 2.07. The zero-order valence-corrected chi connectivity index (χ0v) is 13.7. The van der Waals surface area contributed by atoms with E-state index < -0.39 is 17.8 Å². The number of carbonyl (C=O) groups is 1. The van der Waals surface area contributed by atoms with Gasteiger partial charge in [-0.2, -0.15) is 18.3 Å². The Morgan fingerprint density at radius 2 is 2.08 bits per heavy atom. The quantitative estimate of drug-likeness (QED) is 0.882. The Morgan fingerprint density at radius 1 is 1.38 bits per heavy atom. The van der Waals surface area contributed by atoms with Crippen molar-refractivity contribution in [3.63, 3.8) is 0 Å². The van der Waals surface area contributed by atoms with Crippen LogP contribution in [0.15, 0.2) is 24.3 Å². The molecule has 0 bridgehead atoms. The molecule has 0 saturated carbocycles. The second kappa shape index (κ2) is 7.12. The second-order valence-electron chi connectivity index (χ2n) is 5.01. The predicted octanol–water partition coefficient (Wildman–Crippen LogP) is 3.75. The first-order valence-corrected chi connectivity index (χ1v) is 7.39. The summed E-state index contributed by atoms with van der Waals surface area (Å²) in [5.74, 6) is -0.0938. The van der Waals surface area contributed by atoms with Crippen LogP contribution in [0.1, 0.15) is 28.7 Å². The lowest BCUT2D eigenvalue weighted by molar-refractivity contribution is -0.141. The maximum absolute atomic E-state index is 12.6. The molecular formula is C15H15ClF3N3O2. The SMILES string of the molecule is CCOc1ccc(Cl)cc1CN(C)C(=O)c1cc(C(F)(F)F)[nH]n1. The molecule has 9 heteroatoms. The number of carbonyl (C=O) groups excluding carboxylic acids is 1. The van der Waals surface area contributed by atoms with Crippen LogP contribution in [-0.2, 0) is 12.7 Å². The highest BCUT2D eigenvalue weighted by Crippen LogP contribution is 2.28. The standard InChI is InChI=1S/C15H15ClF3N3O2/c1-3-24-12-5-4-10(16)6-9(12)8-22(2)14(23)11-7-13(21-20-11)15(17,18)19/h4-7H,3,8H2,1-2H3,(H,20,21). The molecule has 1 aromatic heterocycles. The molecule has 1 amide bonds. The molecule has 0 unspecified atom stereocenters. The molecule has 0 saturated heterocycles. The normalized spacial score (nSPS) is 11.4. The number of nitrogens with zero attached hydrogens (tertiary/aromatic N) is 2. The Morgan fingerprint density at radius 3 is 2.67 bits per heavy atom. The maximum Gasteiger partial charge on any atom is 0.432 e. The number of aromatic nitrogens is 2. The van der Waals surface area contributed by atoms with Crippen molar-refractivity contribution in [2.45, 2.75) is 19.6 Å². The summed E-state index contributed by atoms with van der Waals surface area (Å²) in [7, 11) is 1.46. The van der Waals surface area contributed by atoms with E-state index in [2.05, 4.69) is 5.10 Å². The van der Waals surface area contributed by atoms with E-state index in [1.54, 1.807) is 18.2 Å². The van der Waals surface area contributed by atoms with Crippen LogP contribution in [0.2, 0.25) is 5.02 Å². The van der Waals surface area contributed by atoms with Crippen molar-refractivity contribution < 1.29 is 22.7 Å². The van der Waals surface area contributed by atoms with Crippen molar-refractivity contribution in [1.82, 2.24) is 15.1 Å². The van der Waals surface area contributed by atoms with Crippen molar-refractivity contribution in [3.05, 3.63) is 46.2 Å². The van der Waals surface area contributed by atoms with E-state index in [1.165, 1.54) is 11.9 Å². The van der Waals surface area contributed by atoms with Crippen LogP contribution in [-0.4, -0.2) is 34.7 Å². The molecular weight excluding hydrogens is 347 g/mol. The number of alkyl halides is 3.